The van der Waals surface area contributed by atoms with Crippen LogP contribution >= 0.6 is 23.2 Å². The van der Waals surface area contributed by atoms with Crippen molar-refractivity contribution in [3.63, 3.8) is 0 Å². The summed E-state index contributed by atoms with van der Waals surface area (Å²) in [6.07, 6.45) is 11.8. The van der Waals surface area contributed by atoms with Gasteiger partial charge in [-0.1, -0.05) is 41.8 Å². The maximum atomic E-state index is 11.6. The molecule has 0 fully saturated rings. The van der Waals surface area contributed by atoms with Gasteiger partial charge in [0.1, 0.15) is 5.60 Å². The van der Waals surface area contributed by atoms with Gasteiger partial charge in [-0.3, -0.25) is 4.90 Å². The van der Waals surface area contributed by atoms with E-state index in [1.165, 1.54) is 0 Å². The fourth-order valence-electron chi connectivity index (χ4n) is 2.11. The van der Waals surface area contributed by atoms with E-state index in [1.54, 1.807) is 12.2 Å². The lowest BCUT2D eigenvalue weighted by Crippen LogP contribution is -2.35. The number of terminal acetylenes is 1. The zero-order valence-electron chi connectivity index (χ0n) is 17.1. The molecule has 0 atom stereocenters. The van der Waals surface area contributed by atoms with Gasteiger partial charge < -0.3 is 14.8 Å². The number of allylic oxidation sites excluding steroid dienone is 4. The van der Waals surface area contributed by atoms with Gasteiger partial charge in [0.2, 0.25) is 0 Å². The monoisotopic (exact) mass is 430 g/mol. The number of hydrogen-bond donors (Lipinski definition) is 1. The van der Waals surface area contributed by atoms with Crippen LogP contribution in [0.15, 0.2) is 34.9 Å². The van der Waals surface area contributed by atoms with Gasteiger partial charge in [-0.05, 0) is 45.8 Å². The predicted molar refractivity (Wildman–Crippen MR) is 118 cm³/mol. The van der Waals surface area contributed by atoms with E-state index in [4.69, 9.17) is 39.1 Å². The molecule has 0 aromatic heterocycles. The minimum atomic E-state index is -0.491. The number of amides is 1. The van der Waals surface area contributed by atoms with Crippen LogP contribution in [0.1, 0.15) is 33.6 Å². The standard InChI is InChI=1S/C21H32Cl2N2O3/c1-6-12-25(13-8-11-24-20(26)28-21(3,4)5)14-9-16-27-15-7-10-19(23)17-18(2)22/h1,7,10,17H,2,8-9,11-16H2,3-5H3,(H,24,26)/b10-7-,19-17+. The molecule has 0 radical (unpaired) electrons. The highest BCUT2D eigenvalue weighted by Crippen LogP contribution is 2.09. The maximum Gasteiger partial charge on any atom is 0.407 e. The molecule has 0 aliphatic rings. The third-order valence-electron chi connectivity index (χ3n) is 3.18. The summed E-state index contributed by atoms with van der Waals surface area (Å²) in [5.41, 5.74) is -0.491. The van der Waals surface area contributed by atoms with E-state index < -0.39 is 11.7 Å². The van der Waals surface area contributed by atoms with Crippen molar-refractivity contribution >= 4 is 29.3 Å². The average Bonchev–Trinajstić information content (AvgIpc) is 2.55. The van der Waals surface area contributed by atoms with Crippen LogP contribution in [0.4, 0.5) is 4.79 Å². The van der Waals surface area contributed by atoms with Gasteiger partial charge >= 0.3 is 6.09 Å². The second-order valence-corrected chi connectivity index (χ2v) is 7.99. The fourth-order valence-corrected chi connectivity index (χ4v) is 2.50. The molecule has 7 heteroatoms. The summed E-state index contributed by atoms with van der Waals surface area (Å²) in [6, 6.07) is 0. The molecule has 0 aromatic rings. The van der Waals surface area contributed by atoms with E-state index in [0.717, 1.165) is 25.9 Å². The summed E-state index contributed by atoms with van der Waals surface area (Å²) < 4.78 is 10.7. The van der Waals surface area contributed by atoms with Crippen LogP contribution in [-0.2, 0) is 9.47 Å². The van der Waals surface area contributed by atoms with Crippen LogP contribution in [0.5, 0.6) is 0 Å². The molecular formula is C21H32Cl2N2O3. The molecule has 158 valence electrons. The van der Waals surface area contributed by atoms with Gasteiger partial charge in [-0.25, -0.2) is 4.79 Å². The largest absolute Gasteiger partial charge is 0.444 e. The first-order valence-electron chi connectivity index (χ1n) is 9.22. The number of halogens is 2. The number of nitrogens with zero attached hydrogens (tertiary/aromatic N) is 1. The van der Waals surface area contributed by atoms with E-state index in [-0.39, 0.29) is 0 Å². The minimum absolute atomic E-state index is 0.380. The number of carbonyl (C=O) groups excluding carboxylic acids is 1. The molecule has 0 aliphatic carbocycles. The Bertz CT molecular complexity index is 575. The summed E-state index contributed by atoms with van der Waals surface area (Å²) in [5, 5.41) is 3.63. The van der Waals surface area contributed by atoms with Gasteiger partial charge in [-0.15, -0.1) is 6.42 Å². The first-order chi connectivity index (χ1) is 13.1. The average molecular weight is 431 g/mol. The van der Waals surface area contributed by atoms with Crippen molar-refractivity contribution in [2.24, 2.45) is 0 Å². The molecular weight excluding hydrogens is 399 g/mol. The van der Waals surface area contributed by atoms with Crippen LogP contribution in [0.2, 0.25) is 0 Å². The number of ether oxygens (including phenoxy) is 2. The Morgan fingerprint density at radius 2 is 1.96 bits per heavy atom. The molecule has 0 aromatic carbocycles. The summed E-state index contributed by atoms with van der Waals surface area (Å²) in [5.74, 6) is 2.66. The van der Waals surface area contributed by atoms with Crippen molar-refractivity contribution in [2.75, 3.05) is 39.4 Å². The van der Waals surface area contributed by atoms with Crippen molar-refractivity contribution in [3.05, 3.63) is 34.9 Å². The Morgan fingerprint density at radius 1 is 1.29 bits per heavy atom. The van der Waals surface area contributed by atoms with Crippen LogP contribution in [0.3, 0.4) is 0 Å². The molecule has 0 saturated carbocycles. The van der Waals surface area contributed by atoms with Crippen molar-refractivity contribution in [1.29, 1.82) is 0 Å². The van der Waals surface area contributed by atoms with Crippen molar-refractivity contribution in [1.82, 2.24) is 10.2 Å². The molecule has 0 saturated heterocycles. The minimum Gasteiger partial charge on any atom is -0.444 e. The Labute approximate surface area is 179 Å². The van der Waals surface area contributed by atoms with Crippen molar-refractivity contribution in [2.45, 2.75) is 39.2 Å². The topological polar surface area (TPSA) is 50.8 Å². The third kappa shape index (κ3) is 17.9. The number of nitrogens with one attached hydrogen (secondary N) is 1. The number of hydrogen-bond acceptors (Lipinski definition) is 4. The lowest BCUT2D eigenvalue weighted by molar-refractivity contribution is 0.0525. The van der Waals surface area contributed by atoms with E-state index in [0.29, 0.717) is 36.4 Å². The van der Waals surface area contributed by atoms with Crippen LogP contribution in [0.25, 0.3) is 0 Å². The Hall–Kier alpha value is -1.45. The highest BCUT2D eigenvalue weighted by atomic mass is 35.5. The molecule has 28 heavy (non-hydrogen) atoms. The molecule has 5 nitrogen and oxygen atoms in total. The second-order valence-electron chi connectivity index (χ2n) is 7.07. The zero-order valence-corrected chi connectivity index (χ0v) is 18.6. The maximum absolute atomic E-state index is 11.6. The fraction of sp³-hybridized carbons (Fsp3) is 0.571. The van der Waals surface area contributed by atoms with Crippen molar-refractivity contribution < 1.29 is 14.3 Å². The van der Waals surface area contributed by atoms with E-state index in [1.807, 2.05) is 26.8 Å². The van der Waals surface area contributed by atoms with E-state index in [2.05, 4.69) is 22.7 Å². The quantitative estimate of drug-likeness (QED) is 0.262. The van der Waals surface area contributed by atoms with Gasteiger partial charge in [0.25, 0.3) is 0 Å². The first-order valence-corrected chi connectivity index (χ1v) is 9.98. The Balaban J connectivity index is 3.92. The second kappa shape index (κ2) is 15.5. The lowest BCUT2D eigenvalue weighted by Gasteiger charge is -2.21. The lowest BCUT2D eigenvalue weighted by atomic mass is 10.2. The number of carbonyl (C=O) groups is 1. The molecule has 1 N–H and O–H groups in total. The van der Waals surface area contributed by atoms with Gasteiger partial charge in [0, 0.05) is 36.3 Å². The smallest absolute Gasteiger partial charge is 0.407 e. The first kappa shape index (κ1) is 26.6. The summed E-state index contributed by atoms with van der Waals surface area (Å²) in [4.78, 5) is 13.8. The SMILES string of the molecule is C#CCN(CCCNC(=O)OC(C)(C)C)CCCOC/C=C\C(Cl)=C/C(=C)Cl. The number of alkyl carbamates (subject to hydrolysis) is 1. The Kier molecular flexibility index (Phi) is 14.7. The normalized spacial score (nSPS) is 12.2. The third-order valence-corrected chi connectivity index (χ3v) is 3.53. The highest BCUT2D eigenvalue weighted by Gasteiger charge is 2.15. The zero-order chi connectivity index (χ0) is 21.4. The van der Waals surface area contributed by atoms with E-state index in [9.17, 15) is 4.79 Å². The molecule has 0 bridgehead atoms. The molecule has 0 rings (SSSR count). The molecule has 0 unspecified atom stereocenters. The van der Waals surface area contributed by atoms with Gasteiger partial charge in [0.15, 0.2) is 0 Å². The summed E-state index contributed by atoms with van der Waals surface area (Å²) in [6.45, 7) is 12.9. The van der Waals surface area contributed by atoms with E-state index >= 15 is 0 Å². The van der Waals surface area contributed by atoms with Crippen LogP contribution in [-0.4, -0.2) is 56.0 Å². The van der Waals surface area contributed by atoms with Crippen LogP contribution < -0.4 is 5.32 Å². The summed E-state index contributed by atoms with van der Waals surface area (Å²) >= 11 is 11.5. The highest BCUT2D eigenvalue weighted by molar-refractivity contribution is 6.35. The predicted octanol–water partition coefficient (Wildman–Crippen LogP) is 4.67. The van der Waals surface area contributed by atoms with Gasteiger partial charge in [-0.2, -0.15) is 0 Å². The molecule has 0 aliphatic heterocycles. The van der Waals surface area contributed by atoms with Crippen LogP contribution in [0, 0.1) is 12.3 Å². The molecule has 0 spiro atoms. The molecule has 1 amide bonds. The van der Waals surface area contributed by atoms with Crippen molar-refractivity contribution in [3.8, 4) is 12.3 Å². The van der Waals surface area contributed by atoms with Gasteiger partial charge in [0.05, 0.1) is 13.2 Å². The number of rotatable bonds is 13. The molecule has 0 heterocycles. The Morgan fingerprint density at radius 3 is 2.57 bits per heavy atom. The summed E-state index contributed by atoms with van der Waals surface area (Å²) in [7, 11) is 0.